The van der Waals surface area contributed by atoms with E-state index in [1.54, 1.807) is 13.1 Å². The summed E-state index contributed by atoms with van der Waals surface area (Å²) in [5, 5.41) is 7.24. The van der Waals surface area contributed by atoms with Gasteiger partial charge in [-0.2, -0.15) is 5.10 Å². The first-order valence-electron chi connectivity index (χ1n) is 10.2. The lowest BCUT2D eigenvalue weighted by atomic mass is 10.0. The molecule has 2 aromatic rings. The Labute approximate surface area is 178 Å². The van der Waals surface area contributed by atoms with Crippen LogP contribution in [0.4, 0.5) is 8.78 Å². The molecule has 0 spiro atoms. The highest BCUT2D eigenvalue weighted by molar-refractivity contribution is 5.66. The monoisotopic (exact) mass is 430 g/mol. The fourth-order valence-corrected chi connectivity index (χ4v) is 3.86. The fourth-order valence-electron chi connectivity index (χ4n) is 3.86. The maximum atomic E-state index is 14.4. The van der Waals surface area contributed by atoms with E-state index in [-0.39, 0.29) is 17.9 Å². The molecule has 164 valence electrons. The van der Waals surface area contributed by atoms with E-state index in [4.69, 9.17) is 9.47 Å². The number of carbonyl (C=O) groups is 1. The Morgan fingerprint density at radius 3 is 2.84 bits per heavy atom. The first-order chi connectivity index (χ1) is 15.0. The molecule has 0 unspecified atom stereocenters. The van der Waals surface area contributed by atoms with Crippen LogP contribution in [0.3, 0.4) is 0 Å². The summed E-state index contributed by atoms with van der Waals surface area (Å²) in [6.45, 7) is 1.70. The molecule has 7 nitrogen and oxygen atoms in total. The van der Waals surface area contributed by atoms with Gasteiger partial charge in [-0.3, -0.25) is 9.48 Å². The standard InChI is InChI=1S/C22H24F2N4O3/c1-27-13-18(12-26-27)31-22-19(23)8-15(9-20(22)24)14-30-17(5-7-29)10-21-25-11-16-4-2-3-6-28(16)21/h5,7-10,12-13,16,25H,2-4,6,11,14H2,1H3/b17-5?,21-10+/t16-/m0/s1. The third kappa shape index (κ3) is 4.87. The van der Waals surface area contributed by atoms with E-state index in [1.807, 2.05) is 0 Å². The number of benzene rings is 1. The van der Waals surface area contributed by atoms with Gasteiger partial charge < -0.3 is 19.7 Å². The summed E-state index contributed by atoms with van der Waals surface area (Å²) in [6, 6.07) is 2.75. The average Bonchev–Trinajstić information content (AvgIpc) is 3.35. The minimum Gasteiger partial charge on any atom is -0.489 e. The Kier molecular flexibility index (Phi) is 6.20. The second kappa shape index (κ2) is 9.20. The van der Waals surface area contributed by atoms with Crippen LogP contribution in [0, 0.1) is 11.6 Å². The molecule has 0 radical (unpaired) electrons. The molecular formula is C22H24F2N4O3. The highest BCUT2D eigenvalue weighted by Crippen LogP contribution is 2.29. The summed E-state index contributed by atoms with van der Waals surface area (Å²) in [7, 11) is 1.67. The third-order valence-electron chi connectivity index (χ3n) is 5.33. The van der Waals surface area contributed by atoms with Crippen LogP contribution in [-0.2, 0) is 23.2 Å². The summed E-state index contributed by atoms with van der Waals surface area (Å²) in [4.78, 5) is 13.3. The van der Waals surface area contributed by atoms with Gasteiger partial charge >= 0.3 is 0 Å². The zero-order chi connectivity index (χ0) is 21.8. The predicted octanol–water partition coefficient (Wildman–Crippen LogP) is 3.39. The van der Waals surface area contributed by atoms with Crippen LogP contribution in [0.25, 0.3) is 0 Å². The second-order valence-electron chi connectivity index (χ2n) is 7.59. The number of piperidine rings is 1. The summed E-state index contributed by atoms with van der Waals surface area (Å²) < 4.78 is 41.3. The van der Waals surface area contributed by atoms with E-state index in [1.165, 1.54) is 29.6 Å². The molecule has 1 atom stereocenters. The zero-order valence-electron chi connectivity index (χ0n) is 17.2. The molecule has 1 aromatic carbocycles. The minimum absolute atomic E-state index is 0.103. The summed E-state index contributed by atoms with van der Waals surface area (Å²) in [6.07, 6.45) is 10.00. The number of fused-ring (bicyclic) bond motifs is 1. The quantitative estimate of drug-likeness (QED) is 0.413. The van der Waals surface area contributed by atoms with Crippen molar-refractivity contribution in [2.45, 2.75) is 31.9 Å². The number of hydrogen-bond donors (Lipinski definition) is 1. The lowest BCUT2D eigenvalue weighted by Gasteiger charge is -2.30. The largest absolute Gasteiger partial charge is 0.489 e. The van der Waals surface area contributed by atoms with Gasteiger partial charge in [0.2, 0.25) is 0 Å². The summed E-state index contributed by atoms with van der Waals surface area (Å²) in [5.74, 6) is -0.762. The number of rotatable bonds is 7. The predicted molar refractivity (Wildman–Crippen MR) is 109 cm³/mol. The second-order valence-corrected chi connectivity index (χ2v) is 7.59. The SMILES string of the molecule is Cn1cc(Oc2c(F)cc(COC(=CC=O)/C=C3\NC[C@@H]4CCCCN34)cc2F)cn1. The smallest absolute Gasteiger partial charge is 0.198 e. The molecule has 2 fully saturated rings. The van der Waals surface area contributed by atoms with Gasteiger partial charge in [0, 0.05) is 38.3 Å². The molecule has 3 heterocycles. The van der Waals surface area contributed by atoms with Crippen molar-refractivity contribution in [3.05, 3.63) is 65.5 Å². The Bertz CT molecular complexity index is 995. The van der Waals surface area contributed by atoms with E-state index >= 15 is 0 Å². The van der Waals surface area contributed by atoms with Crippen molar-refractivity contribution in [2.24, 2.45) is 7.05 Å². The lowest BCUT2D eigenvalue weighted by Crippen LogP contribution is -2.34. The number of nitrogens with one attached hydrogen (secondary N) is 1. The molecule has 0 saturated carbocycles. The number of halogens is 2. The molecular weight excluding hydrogens is 406 g/mol. The van der Waals surface area contributed by atoms with Crippen molar-refractivity contribution in [1.29, 1.82) is 0 Å². The van der Waals surface area contributed by atoms with E-state index in [2.05, 4.69) is 15.3 Å². The number of nitrogens with zero attached hydrogens (tertiary/aromatic N) is 3. The van der Waals surface area contributed by atoms with Crippen LogP contribution in [0.1, 0.15) is 24.8 Å². The first-order valence-corrected chi connectivity index (χ1v) is 10.2. The molecule has 0 amide bonds. The van der Waals surface area contributed by atoms with Crippen LogP contribution >= 0.6 is 0 Å². The topological polar surface area (TPSA) is 68.6 Å². The van der Waals surface area contributed by atoms with Crippen LogP contribution in [0.15, 0.2) is 48.3 Å². The van der Waals surface area contributed by atoms with Gasteiger partial charge in [-0.05, 0) is 37.0 Å². The number of carbonyl (C=O) groups excluding carboxylic acids is 1. The van der Waals surface area contributed by atoms with Gasteiger partial charge in [0.15, 0.2) is 23.1 Å². The number of hydrogen-bond acceptors (Lipinski definition) is 6. The van der Waals surface area contributed by atoms with E-state index in [9.17, 15) is 13.6 Å². The first kappa shape index (κ1) is 20.9. The molecule has 2 saturated heterocycles. The maximum absolute atomic E-state index is 14.4. The molecule has 4 rings (SSSR count). The van der Waals surface area contributed by atoms with Crippen molar-refractivity contribution in [3.8, 4) is 11.5 Å². The molecule has 2 aliphatic heterocycles. The number of ether oxygens (including phenoxy) is 2. The van der Waals surface area contributed by atoms with E-state index in [0.717, 1.165) is 43.9 Å². The van der Waals surface area contributed by atoms with Gasteiger partial charge in [-0.15, -0.1) is 0 Å². The third-order valence-corrected chi connectivity index (χ3v) is 5.33. The normalized spacial score (nSPS) is 19.8. The molecule has 9 heteroatoms. The highest BCUT2D eigenvalue weighted by Gasteiger charge is 2.29. The van der Waals surface area contributed by atoms with Crippen molar-refractivity contribution in [2.75, 3.05) is 13.1 Å². The van der Waals surface area contributed by atoms with E-state index < -0.39 is 17.4 Å². The van der Waals surface area contributed by atoms with Crippen LogP contribution in [0.5, 0.6) is 11.5 Å². The Balaban J connectivity index is 1.45. The van der Waals surface area contributed by atoms with Gasteiger partial charge in [-0.25, -0.2) is 8.78 Å². The zero-order valence-corrected chi connectivity index (χ0v) is 17.2. The van der Waals surface area contributed by atoms with Crippen molar-refractivity contribution in [1.82, 2.24) is 20.0 Å². The number of aryl methyl sites for hydroxylation is 1. The summed E-state index contributed by atoms with van der Waals surface area (Å²) >= 11 is 0. The molecule has 0 bridgehead atoms. The number of aromatic nitrogens is 2. The van der Waals surface area contributed by atoms with Gasteiger partial charge in [0.1, 0.15) is 24.5 Å². The fraction of sp³-hybridized carbons (Fsp3) is 0.364. The number of aldehydes is 1. The number of allylic oxidation sites excluding steroid dienone is 2. The minimum atomic E-state index is -0.852. The molecule has 2 aliphatic rings. The molecule has 1 aromatic heterocycles. The Hall–Kier alpha value is -3.36. The van der Waals surface area contributed by atoms with E-state index in [0.29, 0.717) is 18.1 Å². The van der Waals surface area contributed by atoms with Crippen molar-refractivity contribution >= 4 is 6.29 Å². The Morgan fingerprint density at radius 1 is 1.32 bits per heavy atom. The van der Waals surface area contributed by atoms with Gasteiger partial charge in [0.05, 0.1) is 12.4 Å². The van der Waals surface area contributed by atoms with Crippen LogP contribution in [-0.4, -0.2) is 40.1 Å². The lowest BCUT2D eigenvalue weighted by molar-refractivity contribution is -0.104. The van der Waals surface area contributed by atoms with Crippen molar-refractivity contribution in [3.63, 3.8) is 0 Å². The average molecular weight is 430 g/mol. The molecule has 1 N–H and O–H groups in total. The highest BCUT2D eigenvalue weighted by atomic mass is 19.1. The molecule has 0 aliphatic carbocycles. The van der Waals surface area contributed by atoms with Crippen LogP contribution < -0.4 is 10.1 Å². The van der Waals surface area contributed by atoms with Crippen LogP contribution in [0.2, 0.25) is 0 Å². The summed E-state index contributed by atoms with van der Waals surface area (Å²) in [5.41, 5.74) is 0.277. The Morgan fingerprint density at radius 2 is 2.13 bits per heavy atom. The van der Waals surface area contributed by atoms with Crippen molar-refractivity contribution < 1.29 is 23.0 Å². The molecule has 31 heavy (non-hydrogen) atoms. The van der Waals surface area contributed by atoms with Gasteiger partial charge in [-0.1, -0.05) is 0 Å². The maximum Gasteiger partial charge on any atom is 0.198 e. The van der Waals surface area contributed by atoms with Gasteiger partial charge in [0.25, 0.3) is 0 Å².